The van der Waals surface area contributed by atoms with Gasteiger partial charge in [-0.2, -0.15) is 0 Å². The Balaban J connectivity index is 1.74. The van der Waals surface area contributed by atoms with E-state index < -0.39 is 0 Å². The summed E-state index contributed by atoms with van der Waals surface area (Å²) in [6.45, 7) is 4.28. The molecule has 3 heterocycles. The first kappa shape index (κ1) is 17.2. The molecule has 3 aromatic heterocycles. The molecule has 0 aliphatic rings. The molecule has 0 radical (unpaired) electrons. The number of carbonyl (C=O) groups is 1. The molecule has 0 atom stereocenters. The highest BCUT2D eigenvalue weighted by molar-refractivity contribution is 7.29. The highest BCUT2D eigenvalue weighted by Crippen LogP contribution is 2.34. The van der Waals surface area contributed by atoms with Gasteiger partial charge < -0.3 is 4.90 Å². The van der Waals surface area contributed by atoms with E-state index in [9.17, 15) is 4.79 Å². The number of nitrogens with zero attached hydrogens (tertiary/aromatic N) is 4. The Morgan fingerprint density at radius 3 is 2.58 bits per heavy atom. The summed E-state index contributed by atoms with van der Waals surface area (Å²) in [6, 6.07) is 1.89. The van der Waals surface area contributed by atoms with Crippen LogP contribution in [0.2, 0.25) is 0 Å². The molecule has 0 aliphatic carbocycles. The van der Waals surface area contributed by atoms with Crippen LogP contribution in [0.5, 0.6) is 0 Å². The Morgan fingerprint density at radius 1 is 1.21 bits per heavy atom. The lowest BCUT2D eigenvalue weighted by Gasteiger charge is -2.05. The average molecular weight is 382 g/mol. The van der Waals surface area contributed by atoms with Crippen molar-refractivity contribution in [2.45, 2.75) is 32.6 Å². The zero-order valence-electron chi connectivity index (χ0n) is 14.0. The van der Waals surface area contributed by atoms with E-state index in [4.69, 9.17) is 0 Å². The Labute approximate surface area is 152 Å². The predicted molar refractivity (Wildman–Crippen MR) is 103 cm³/mol. The summed E-state index contributed by atoms with van der Waals surface area (Å²) in [6.07, 6.45) is 2.06. The zero-order chi connectivity index (χ0) is 17.3. The number of aromatic nitrogens is 3. The first-order valence-corrected chi connectivity index (χ1v) is 10.2. The van der Waals surface area contributed by atoms with E-state index in [1.54, 1.807) is 11.3 Å². The van der Waals surface area contributed by atoms with Gasteiger partial charge in [0.1, 0.15) is 9.84 Å². The molecular formula is C15H19N5OS3. The number of carbonyl (C=O) groups excluding carboxylic acids is 1. The molecule has 3 aromatic rings. The van der Waals surface area contributed by atoms with E-state index in [0.717, 1.165) is 32.5 Å². The van der Waals surface area contributed by atoms with Crippen LogP contribution in [-0.2, 0) is 0 Å². The summed E-state index contributed by atoms with van der Waals surface area (Å²) in [7, 11) is 3.92. The number of thiazole rings is 1. The van der Waals surface area contributed by atoms with Crippen LogP contribution in [0.25, 0.3) is 9.53 Å². The molecule has 0 bridgehead atoms. The minimum atomic E-state index is -0.149. The standard InChI is InChI=1S/C15H19N5OS3/c1-5-8(6-2)12-18-19-14(24-12)16-11(21)9-7-10-13(22-9)17-15(23-10)20(3)4/h7-8H,5-6H2,1-4H3,(H,16,19,21). The van der Waals surface area contributed by atoms with Crippen LogP contribution in [0.3, 0.4) is 0 Å². The van der Waals surface area contributed by atoms with Crippen LogP contribution in [0.4, 0.5) is 10.3 Å². The Morgan fingerprint density at radius 2 is 1.96 bits per heavy atom. The number of nitrogens with one attached hydrogen (secondary N) is 1. The van der Waals surface area contributed by atoms with Gasteiger partial charge in [0.15, 0.2) is 5.13 Å². The molecule has 0 saturated carbocycles. The fraction of sp³-hybridized carbons (Fsp3) is 0.467. The van der Waals surface area contributed by atoms with Gasteiger partial charge >= 0.3 is 0 Å². The van der Waals surface area contributed by atoms with E-state index in [1.807, 2.05) is 25.1 Å². The van der Waals surface area contributed by atoms with E-state index >= 15 is 0 Å². The molecule has 1 N–H and O–H groups in total. The number of hydrogen-bond donors (Lipinski definition) is 1. The third-order valence-electron chi connectivity index (χ3n) is 3.68. The fourth-order valence-electron chi connectivity index (χ4n) is 2.27. The maximum Gasteiger partial charge on any atom is 0.267 e. The largest absolute Gasteiger partial charge is 0.354 e. The van der Waals surface area contributed by atoms with Crippen LogP contribution in [0, 0.1) is 0 Å². The maximum atomic E-state index is 12.4. The number of fused-ring (bicyclic) bond motifs is 1. The van der Waals surface area contributed by atoms with Gasteiger partial charge in [-0.1, -0.05) is 36.5 Å². The molecule has 0 aromatic carbocycles. The number of amides is 1. The highest BCUT2D eigenvalue weighted by atomic mass is 32.1. The van der Waals surface area contributed by atoms with Gasteiger partial charge in [-0.05, 0) is 18.9 Å². The number of anilines is 2. The molecular weight excluding hydrogens is 362 g/mol. The summed E-state index contributed by atoms with van der Waals surface area (Å²) in [5, 5.41) is 13.7. The van der Waals surface area contributed by atoms with Crippen molar-refractivity contribution in [2.24, 2.45) is 0 Å². The summed E-state index contributed by atoms with van der Waals surface area (Å²) < 4.78 is 1.03. The van der Waals surface area contributed by atoms with Crippen molar-refractivity contribution >= 4 is 59.7 Å². The first-order valence-electron chi connectivity index (χ1n) is 7.74. The van der Waals surface area contributed by atoms with E-state index in [2.05, 4.69) is 34.3 Å². The monoisotopic (exact) mass is 381 g/mol. The molecule has 128 valence electrons. The van der Waals surface area contributed by atoms with Crippen molar-refractivity contribution in [1.82, 2.24) is 15.2 Å². The molecule has 0 aliphatic heterocycles. The molecule has 0 saturated heterocycles. The molecule has 0 spiro atoms. The second-order valence-corrected chi connectivity index (χ2v) is 8.63. The van der Waals surface area contributed by atoms with Crippen LogP contribution < -0.4 is 10.2 Å². The molecule has 6 nitrogen and oxygen atoms in total. The molecule has 0 fully saturated rings. The maximum absolute atomic E-state index is 12.4. The summed E-state index contributed by atoms with van der Waals surface area (Å²) in [4.78, 5) is 20.5. The van der Waals surface area contributed by atoms with Gasteiger partial charge in [0.25, 0.3) is 5.91 Å². The Bertz CT molecular complexity index is 815. The van der Waals surface area contributed by atoms with Gasteiger partial charge in [0.2, 0.25) is 5.13 Å². The summed E-state index contributed by atoms with van der Waals surface area (Å²) >= 11 is 4.44. The smallest absolute Gasteiger partial charge is 0.267 e. The lowest BCUT2D eigenvalue weighted by molar-refractivity contribution is 0.103. The first-order chi connectivity index (χ1) is 11.5. The third-order valence-corrected chi connectivity index (χ3v) is 7.01. The predicted octanol–water partition coefficient (Wildman–Crippen LogP) is 4.43. The molecule has 24 heavy (non-hydrogen) atoms. The second kappa shape index (κ2) is 7.12. The van der Waals surface area contributed by atoms with Crippen LogP contribution in [0.15, 0.2) is 6.07 Å². The van der Waals surface area contributed by atoms with Crippen LogP contribution >= 0.6 is 34.0 Å². The van der Waals surface area contributed by atoms with E-state index in [1.165, 1.54) is 22.7 Å². The minimum Gasteiger partial charge on any atom is -0.354 e. The summed E-state index contributed by atoms with van der Waals surface area (Å²) in [5.41, 5.74) is 0. The topological polar surface area (TPSA) is 71.0 Å². The van der Waals surface area contributed by atoms with Crippen molar-refractivity contribution in [3.63, 3.8) is 0 Å². The fourth-order valence-corrected chi connectivity index (χ4v) is 5.31. The van der Waals surface area contributed by atoms with Gasteiger partial charge in [-0.25, -0.2) is 4.98 Å². The molecule has 0 unspecified atom stereocenters. The van der Waals surface area contributed by atoms with Crippen LogP contribution in [0.1, 0.15) is 47.3 Å². The van der Waals surface area contributed by atoms with Gasteiger partial charge in [-0.15, -0.1) is 21.5 Å². The number of hydrogen-bond acceptors (Lipinski definition) is 8. The van der Waals surface area contributed by atoms with Crippen molar-refractivity contribution in [3.05, 3.63) is 16.0 Å². The SMILES string of the molecule is CCC(CC)c1nnc(NC(=O)c2cc3sc(N(C)C)nc3s2)s1. The Kier molecular flexibility index (Phi) is 5.12. The van der Waals surface area contributed by atoms with Crippen LogP contribution in [-0.4, -0.2) is 35.2 Å². The minimum absolute atomic E-state index is 0.149. The summed E-state index contributed by atoms with van der Waals surface area (Å²) in [5.74, 6) is 0.262. The highest BCUT2D eigenvalue weighted by Gasteiger charge is 2.18. The van der Waals surface area contributed by atoms with E-state index in [0.29, 0.717) is 15.9 Å². The van der Waals surface area contributed by atoms with Crippen molar-refractivity contribution in [2.75, 3.05) is 24.3 Å². The molecule has 1 amide bonds. The normalized spacial score (nSPS) is 11.4. The Hall–Kier alpha value is -1.58. The van der Waals surface area contributed by atoms with Crippen molar-refractivity contribution < 1.29 is 4.79 Å². The van der Waals surface area contributed by atoms with Crippen molar-refractivity contribution in [1.29, 1.82) is 0 Å². The average Bonchev–Trinajstić information content (AvgIpc) is 3.22. The lowest BCUT2D eigenvalue weighted by atomic mass is 10.1. The van der Waals surface area contributed by atoms with Gasteiger partial charge in [0, 0.05) is 20.0 Å². The third kappa shape index (κ3) is 3.42. The lowest BCUT2D eigenvalue weighted by Crippen LogP contribution is -2.09. The zero-order valence-corrected chi connectivity index (χ0v) is 16.4. The molecule has 3 rings (SSSR count). The number of rotatable bonds is 6. The van der Waals surface area contributed by atoms with E-state index in [-0.39, 0.29) is 5.91 Å². The van der Waals surface area contributed by atoms with Gasteiger partial charge in [-0.3, -0.25) is 10.1 Å². The van der Waals surface area contributed by atoms with Gasteiger partial charge in [0.05, 0.1) is 9.58 Å². The quantitative estimate of drug-likeness (QED) is 0.684. The molecule has 9 heteroatoms. The second-order valence-electron chi connectivity index (χ2n) is 5.58. The van der Waals surface area contributed by atoms with Crippen molar-refractivity contribution in [3.8, 4) is 0 Å². The number of thiophene rings is 1.